The summed E-state index contributed by atoms with van der Waals surface area (Å²) in [6.45, 7) is 8.10. The first-order valence-electron chi connectivity index (χ1n) is 6.16. The molecule has 4 nitrogen and oxygen atoms in total. The van der Waals surface area contributed by atoms with Gasteiger partial charge in [-0.05, 0) is 38.8 Å². The summed E-state index contributed by atoms with van der Waals surface area (Å²) in [5, 5.41) is 0. The maximum absolute atomic E-state index is 12.6. The summed E-state index contributed by atoms with van der Waals surface area (Å²) in [4.78, 5) is 0. The lowest BCUT2D eigenvalue weighted by Crippen LogP contribution is -2.16. The molecule has 0 aromatic heterocycles. The molecule has 0 saturated carbocycles. The van der Waals surface area contributed by atoms with E-state index >= 15 is 0 Å². The predicted molar refractivity (Wildman–Crippen MR) is 73.7 cm³/mol. The van der Waals surface area contributed by atoms with Crippen LogP contribution in [-0.4, -0.2) is 13.2 Å². The summed E-state index contributed by atoms with van der Waals surface area (Å²) in [7, 11) is -3.30. The molecule has 0 unspecified atom stereocenters. The fourth-order valence-corrected chi connectivity index (χ4v) is 3.54. The van der Waals surface area contributed by atoms with Gasteiger partial charge < -0.3 is 14.8 Å². The van der Waals surface area contributed by atoms with Gasteiger partial charge in [0.05, 0.1) is 13.2 Å². The third-order valence-electron chi connectivity index (χ3n) is 2.71. The monoisotopic (exact) mass is 271 g/mol. The molecule has 1 atom stereocenters. The smallest absolute Gasteiger partial charge is 0.314 e. The van der Waals surface area contributed by atoms with E-state index in [-0.39, 0.29) is 0 Å². The van der Waals surface area contributed by atoms with Crippen molar-refractivity contribution in [2.45, 2.75) is 33.5 Å². The van der Waals surface area contributed by atoms with E-state index in [1.165, 1.54) is 0 Å². The summed E-state index contributed by atoms with van der Waals surface area (Å²) < 4.78 is 23.2. The molecule has 0 aliphatic carbocycles. The van der Waals surface area contributed by atoms with E-state index in [0.717, 1.165) is 16.7 Å². The van der Waals surface area contributed by atoms with Crippen LogP contribution in [0.5, 0.6) is 0 Å². The van der Waals surface area contributed by atoms with Crippen LogP contribution in [0.1, 0.15) is 36.3 Å². The summed E-state index contributed by atoms with van der Waals surface area (Å²) in [5.74, 6) is -0.739. The predicted octanol–water partition coefficient (Wildman–Crippen LogP) is 3.53. The number of rotatable bonds is 6. The quantitative estimate of drug-likeness (QED) is 0.804. The van der Waals surface area contributed by atoms with Crippen molar-refractivity contribution in [2.75, 3.05) is 13.2 Å². The van der Waals surface area contributed by atoms with Crippen molar-refractivity contribution in [3.05, 3.63) is 34.9 Å². The zero-order valence-electron chi connectivity index (χ0n) is 11.5. The lowest BCUT2D eigenvalue weighted by atomic mass is 10.1. The molecule has 0 aliphatic heterocycles. The van der Waals surface area contributed by atoms with Crippen LogP contribution in [0.15, 0.2) is 18.2 Å². The lowest BCUT2D eigenvalue weighted by molar-refractivity contribution is 0.212. The van der Waals surface area contributed by atoms with E-state index in [1.807, 2.05) is 32.0 Å². The molecule has 1 aromatic carbocycles. The first kappa shape index (κ1) is 15.4. The highest BCUT2D eigenvalue weighted by Crippen LogP contribution is 2.58. The molecule has 1 rings (SSSR count). The van der Waals surface area contributed by atoms with Gasteiger partial charge in [-0.3, -0.25) is 4.57 Å². The van der Waals surface area contributed by atoms with E-state index in [1.54, 1.807) is 13.8 Å². The molecule has 2 N–H and O–H groups in total. The molecule has 0 amide bonds. The standard InChI is InChI=1S/C13H22NO3P/c1-5-16-18(15,17-6-2)13(14)12-9-10(3)7-8-11(12)4/h7-9,13H,5-6,14H2,1-4H3/t13-/m0/s1. The lowest BCUT2D eigenvalue weighted by Gasteiger charge is -2.24. The highest BCUT2D eigenvalue weighted by Gasteiger charge is 2.34. The fourth-order valence-electron chi connectivity index (χ4n) is 1.81. The van der Waals surface area contributed by atoms with E-state index in [9.17, 15) is 4.57 Å². The van der Waals surface area contributed by atoms with Crippen molar-refractivity contribution in [1.82, 2.24) is 0 Å². The third-order valence-corrected chi connectivity index (χ3v) is 4.91. The van der Waals surface area contributed by atoms with Gasteiger partial charge in [-0.1, -0.05) is 23.8 Å². The Bertz CT molecular complexity index is 438. The second kappa shape index (κ2) is 6.48. The van der Waals surface area contributed by atoms with Crippen LogP contribution in [-0.2, 0) is 13.6 Å². The summed E-state index contributed by atoms with van der Waals surface area (Å²) >= 11 is 0. The minimum absolute atomic E-state index is 0.315. The number of hydrogen-bond donors (Lipinski definition) is 1. The molecule has 5 heteroatoms. The summed E-state index contributed by atoms with van der Waals surface area (Å²) in [6, 6.07) is 5.90. The Balaban J connectivity index is 3.13. The Labute approximate surface area is 109 Å². The van der Waals surface area contributed by atoms with Gasteiger partial charge in [0.1, 0.15) is 5.78 Å². The number of nitrogens with two attached hydrogens (primary N) is 1. The van der Waals surface area contributed by atoms with Crippen molar-refractivity contribution in [2.24, 2.45) is 5.73 Å². The average molecular weight is 271 g/mol. The van der Waals surface area contributed by atoms with Crippen LogP contribution >= 0.6 is 7.60 Å². The minimum atomic E-state index is -3.30. The highest BCUT2D eigenvalue weighted by molar-refractivity contribution is 7.54. The molecule has 0 fully saturated rings. The summed E-state index contributed by atoms with van der Waals surface area (Å²) in [6.07, 6.45) is 0. The van der Waals surface area contributed by atoms with Crippen LogP contribution in [0, 0.1) is 13.8 Å². The second-order valence-corrected chi connectivity index (χ2v) is 6.33. The molecular formula is C13H22NO3P. The third kappa shape index (κ3) is 3.42. The molecule has 18 heavy (non-hydrogen) atoms. The Hall–Kier alpha value is -0.670. The zero-order chi connectivity index (χ0) is 13.8. The number of benzene rings is 1. The molecule has 0 radical (unpaired) electrons. The van der Waals surface area contributed by atoms with Gasteiger partial charge in [0.2, 0.25) is 0 Å². The van der Waals surface area contributed by atoms with E-state index in [0.29, 0.717) is 13.2 Å². The van der Waals surface area contributed by atoms with Gasteiger partial charge in [-0.2, -0.15) is 0 Å². The van der Waals surface area contributed by atoms with Crippen molar-refractivity contribution in [3.63, 3.8) is 0 Å². The van der Waals surface area contributed by atoms with Gasteiger partial charge in [-0.25, -0.2) is 0 Å². The highest BCUT2D eigenvalue weighted by atomic mass is 31.2. The molecule has 1 aromatic rings. The molecule has 0 saturated heterocycles. The Kier molecular flexibility index (Phi) is 5.54. The van der Waals surface area contributed by atoms with Gasteiger partial charge in [0.15, 0.2) is 0 Å². The Morgan fingerprint density at radius 3 is 2.28 bits per heavy atom. The maximum Gasteiger partial charge on any atom is 0.351 e. The van der Waals surface area contributed by atoms with Crippen LogP contribution < -0.4 is 5.73 Å². The zero-order valence-corrected chi connectivity index (χ0v) is 12.4. The second-order valence-electron chi connectivity index (χ2n) is 4.18. The van der Waals surface area contributed by atoms with Crippen LogP contribution in [0.25, 0.3) is 0 Å². The summed E-state index contributed by atoms with van der Waals surface area (Å²) in [5.41, 5.74) is 8.99. The number of hydrogen-bond acceptors (Lipinski definition) is 4. The topological polar surface area (TPSA) is 61.5 Å². The van der Waals surface area contributed by atoms with Crippen LogP contribution in [0.3, 0.4) is 0 Å². The van der Waals surface area contributed by atoms with Crippen LogP contribution in [0.2, 0.25) is 0 Å². The van der Waals surface area contributed by atoms with Crippen molar-refractivity contribution < 1.29 is 13.6 Å². The van der Waals surface area contributed by atoms with E-state index < -0.39 is 13.4 Å². The van der Waals surface area contributed by atoms with Crippen molar-refractivity contribution >= 4 is 7.60 Å². The van der Waals surface area contributed by atoms with Gasteiger partial charge in [0.25, 0.3) is 0 Å². The largest absolute Gasteiger partial charge is 0.351 e. The van der Waals surface area contributed by atoms with Gasteiger partial charge in [0, 0.05) is 0 Å². The molecule has 0 bridgehead atoms. The van der Waals surface area contributed by atoms with Gasteiger partial charge in [-0.15, -0.1) is 0 Å². The maximum atomic E-state index is 12.6. The van der Waals surface area contributed by atoms with Crippen molar-refractivity contribution in [3.8, 4) is 0 Å². The molecule has 0 aliphatic rings. The van der Waals surface area contributed by atoms with Crippen molar-refractivity contribution in [1.29, 1.82) is 0 Å². The SMILES string of the molecule is CCOP(=O)(OCC)[C@H](N)c1cc(C)ccc1C. The minimum Gasteiger partial charge on any atom is -0.314 e. The molecule has 102 valence electrons. The first-order valence-corrected chi connectivity index (χ1v) is 7.77. The normalized spacial score (nSPS) is 13.6. The fraction of sp³-hybridized carbons (Fsp3) is 0.538. The Morgan fingerprint density at radius 2 is 1.78 bits per heavy atom. The Morgan fingerprint density at radius 1 is 1.22 bits per heavy atom. The number of aryl methyl sites for hydroxylation is 2. The first-order chi connectivity index (χ1) is 8.44. The molecular weight excluding hydrogens is 249 g/mol. The van der Waals surface area contributed by atoms with Gasteiger partial charge >= 0.3 is 7.60 Å². The average Bonchev–Trinajstić information content (AvgIpc) is 2.32. The van der Waals surface area contributed by atoms with E-state index in [4.69, 9.17) is 14.8 Å². The van der Waals surface area contributed by atoms with E-state index in [2.05, 4.69) is 0 Å². The van der Waals surface area contributed by atoms with Crippen LogP contribution in [0.4, 0.5) is 0 Å². The molecule has 0 spiro atoms. The molecule has 0 heterocycles.